The normalized spacial score (nSPS) is 11.0. The first-order valence-corrected chi connectivity index (χ1v) is 11.7. The lowest BCUT2D eigenvalue weighted by Crippen LogP contribution is -2.39. The molecule has 0 atom stereocenters. The van der Waals surface area contributed by atoms with E-state index in [2.05, 4.69) is 78.1 Å². The van der Waals surface area contributed by atoms with Gasteiger partial charge in [-0.05, 0) is 48.5 Å². The van der Waals surface area contributed by atoms with Crippen molar-refractivity contribution in [3.63, 3.8) is 0 Å². The van der Waals surface area contributed by atoms with Gasteiger partial charge in [0.2, 0.25) is 0 Å². The molecule has 0 bridgehead atoms. The zero-order chi connectivity index (χ0) is 19.9. The predicted molar refractivity (Wildman–Crippen MR) is 124 cm³/mol. The molecule has 4 rings (SSSR count). The van der Waals surface area contributed by atoms with Gasteiger partial charge in [-0.15, -0.1) is 0 Å². The second-order valence-electron chi connectivity index (χ2n) is 6.85. The van der Waals surface area contributed by atoms with Gasteiger partial charge in [0, 0.05) is 5.56 Å². The molecule has 1 amide bonds. The van der Waals surface area contributed by atoms with Gasteiger partial charge in [-0.3, -0.25) is 4.79 Å². The van der Waals surface area contributed by atoms with E-state index >= 15 is 0 Å². The van der Waals surface area contributed by atoms with Gasteiger partial charge < -0.3 is 5.32 Å². The Labute approximate surface area is 172 Å². The minimum atomic E-state index is -2.06. The quantitative estimate of drug-likeness (QED) is 0.482. The third kappa shape index (κ3) is 3.99. The number of carbonyl (C=O) groups excluding carboxylic acids is 1. The molecule has 4 aromatic rings. The lowest BCUT2D eigenvalue weighted by Gasteiger charge is -2.27. The van der Waals surface area contributed by atoms with E-state index in [1.54, 1.807) is 0 Å². The Morgan fingerprint density at radius 3 is 1.28 bits per heavy atom. The summed E-state index contributed by atoms with van der Waals surface area (Å²) in [5.41, 5.74) is 0.680. The fourth-order valence-corrected chi connectivity index (χ4v) is 7.52. The summed E-state index contributed by atoms with van der Waals surface area (Å²) in [4.78, 5) is 12.9. The van der Waals surface area contributed by atoms with Crippen molar-refractivity contribution in [1.29, 1.82) is 0 Å². The number of rotatable bonds is 6. The first-order valence-electron chi connectivity index (χ1n) is 9.69. The molecule has 0 saturated carbocycles. The van der Waals surface area contributed by atoms with Crippen LogP contribution in [0, 0.1) is 0 Å². The Hall–Kier alpha value is -3.22. The summed E-state index contributed by atoms with van der Waals surface area (Å²) < 4.78 is 0. The van der Waals surface area contributed by atoms with Crippen LogP contribution in [0.15, 0.2) is 121 Å². The average Bonchev–Trinajstić information content (AvgIpc) is 2.82. The SMILES string of the molecule is O=C(NC[P+](c1ccccc1)(c1ccccc1)c1ccccc1)c1ccccc1. The van der Waals surface area contributed by atoms with Crippen molar-refractivity contribution in [2.75, 3.05) is 6.29 Å². The molecular weight excluding hydrogens is 373 g/mol. The average molecular weight is 396 g/mol. The van der Waals surface area contributed by atoms with Crippen molar-refractivity contribution in [3.8, 4) is 0 Å². The third-order valence-electron chi connectivity index (χ3n) is 5.10. The van der Waals surface area contributed by atoms with Crippen LogP contribution in [0.2, 0.25) is 0 Å². The number of hydrogen-bond donors (Lipinski definition) is 1. The third-order valence-corrected chi connectivity index (χ3v) is 9.28. The van der Waals surface area contributed by atoms with Crippen molar-refractivity contribution >= 4 is 29.1 Å². The van der Waals surface area contributed by atoms with E-state index < -0.39 is 7.26 Å². The van der Waals surface area contributed by atoms with Crippen LogP contribution in [0.1, 0.15) is 10.4 Å². The standard InChI is InChI=1S/C26H22NOP/c28-26(22-13-5-1-6-14-22)27-21-29(23-15-7-2-8-16-23,24-17-9-3-10-18-24)25-19-11-4-12-20-25/h1-20H,21H2/p+1. The molecule has 29 heavy (non-hydrogen) atoms. The molecule has 0 spiro atoms. The molecule has 0 fully saturated rings. The summed E-state index contributed by atoms with van der Waals surface area (Å²) in [6, 6.07) is 41.1. The van der Waals surface area contributed by atoms with Crippen LogP contribution in [-0.2, 0) is 0 Å². The fourth-order valence-electron chi connectivity index (χ4n) is 3.65. The summed E-state index contributed by atoms with van der Waals surface area (Å²) in [6.07, 6.45) is 0.568. The van der Waals surface area contributed by atoms with Crippen LogP contribution >= 0.6 is 7.26 Å². The maximum absolute atomic E-state index is 12.9. The van der Waals surface area contributed by atoms with E-state index in [0.717, 1.165) is 0 Å². The minimum Gasteiger partial charge on any atom is -0.319 e. The highest BCUT2D eigenvalue weighted by Crippen LogP contribution is 2.54. The zero-order valence-corrected chi connectivity index (χ0v) is 17.0. The maximum atomic E-state index is 12.9. The van der Waals surface area contributed by atoms with E-state index in [4.69, 9.17) is 0 Å². The molecular formula is C26H23NOP+. The highest BCUT2D eigenvalue weighted by atomic mass is 31.2. The monoisotopic (exact) mass is 396 g/mol. The van der Waals surface area contributed by atoms with Crippen molar-refractivity contribution in [1.82, 2.24) is 5.32 Å². The van der Waals surface area contributed by atoms with E-state index in [-0.39, 0.29) is 5.91 Å². The van der Waals surface area contributed by atoms with Gasteiger partial charge >= 0.3 is 0 Å². The largest absolute Gasteiger partial charge is 0.319 e. The molecule has 3 heteroatoms. The molecule has 1 N–H and O–H groups in total. The molecule has 142 valence electrons. The number of amides is 1. The molecule has 0 aromatic heterocycles. The number of carbonyl (C=O) groups is 1. The molecule has 0 radical (unpaired) electrons. The summed E-state index contributed by atoms with van der Waals surface area (Å²) >= 11 is 0. The van der Waals surface area contributed by atoms with E-state index in [1.807, 2.05) is 48.5 Å². The number of nitrogens with one attached hydrogen (secondary N) is 1. The fraction of sp³-hybridized carbons (Fsp3) is 0.0385. The molecule has 2 nitrogen and oxygen atoms in total. The van der Waals surface area contributed by atoms with Crippen molar-refractivity contribution in [2.24, 2.45) is 0 Å². The zero-order valence-electron chi connectivity index (χ0n) is 16.1. The molecule has 0 aliphatic rings. The van der Waals surface area contributed by atoms with Gasteiger partial charge in [0.1, 0.15) is 29.5 Å². The van der Waals surface area contributed by atoms with Crippen molar-refractivity contribution in [2.45, 2.75) is 0 Å². The van der Waals surface area contributed by atoms with Gasteiger partial charge in [-0.25, -0.2) is 0 Å². The summed E-state index contributed by atoms with van der Waals surface area (Å²) in [5.74, 6) is -0.0437. The van der Waals surface area contributed by atoms with Gasteiger partial charge in [-0.2, -0.15) is 0 Å². The number of benzene rings is 4. The Kier molecular flexibility index (Phi) is 5.84. The summed E-state index contributed by atoms with van der Waals surface area (Å²) in [5, 5.41) is 7.01. The summed E-state index contributed by atoms with van der Waals surface area (Å²) in [7, 11) is -2.06. The van der Waals surface area contributed by atoms with Crippen molar-refractivity contribution in [3.05, 3.63) is 127 Å². The van der Waals surface area contributed by atoms with Crippen LogP contribution < -0.4 is 21.2 Å². The van der Waals surface area contributed by atoms with Crippen LogP contribution in [0.4, 0.5) is 0 Å². The van der Waals surface area contributed by atoms with Crippen LogP contribution in [0.25, 0.3) is 0 Å². The maximum Gasteiger partial charge on any atom is 0.254 e. The first-order chi connectivity index (χ1) is 14.3. The molecule has 0 heterocycles. The molecule has 0 aliphatic heterocycles. The Bertz CT molecular complexity index is 954. The van der Waals surface area contributed by atoms with E-state index in [9.17, 15) is 4.79 Å². The van der Waals surface area contributed by atoms with Gasteiger partial charge in [-0.1, -0.05) is 72.8 Å². The lowest BCUT2D eigenvalue weighted by molar-refractivity contribution is 0.0960. The minimum absolute atomic E-state index is 0.0437. The second kappa shape index (κ2) is 8.86. The highest BCUT2D eigenvalue weighted by Gasteiger charge is 2.45. The van der Waals surface area contributed by atoms with Gasteiger partial charge in [0.25, 0.3) is 5.91 Å². The van der Waals surface area contributed by atoms with Crippen LogP contribution in [0.5, 0.6) is 0 Å². The predicted octanol–water partition coefficient (Wildman–Crippen LogP) is 4.37. The smallest absolute Gasteiger partial charge is 0.254 e. The molecule has 0 aliphatic carbocycles. The van der Waals surface area contributed by atoms with Crippen molar-refractivity contribution < 1.29 is 4.79 Å². The van der Waals surface area contributed by atoms with Crippen LogP contribution in [0.3, 0.4) is 0 Å². The molecule has 0 unspecified atom stereocenters. The van der Waals surface area contributed by atoms with Gasteiger partial charge in [0.15, 0.2) is 0 Å². The number of hydrogen-bond acceptors (Lipinski definition) is 1. The molecule has 0 saturated heterocycles. The van der Waals surface area contributed by atoms with E-state index in [0.29, 0.717) is 11.8 Å². The molecule has 4 aromatic carbocycles. The lowest BCUT2D eigenvalue weighted by atomic mass is 10.2. The summed E-state index contributed by atoms with van der Waals surface area (Å²) in [6.45, 7) is 0. The topological polar surface area (TPSA) is 29.1 Å². The van der Waals surface area contributed by atoms with Crippen LogP contribution in [-0.4, -0.2) is 12.2 Å². The van der Waals surface area contributed by atoms with E-state index in [1.165, 1.54) is 15.9 Å². The Morgan fingerprint density at radius 2 is 0.897 bits per heavy atom. The Morgan fingerprint density at radius 1 is 0.552 bits per heavy atom. The highest BCUT2D eigenvalue weighted by molar-refractivity contribution is 7.95. The first kappa shape index (κ1) is 19.1. The second-order valence-corrected chi connectivity index (χ2v) is 10.3. The van der Waals surface area contributed by atoms with Gasteiger partial charge in [0.05, 0.1) is 0 Å². The Balaban J connectivity index is 1.83.